The molecule has 2 fully saturated rings. The van der Waals surface area contributed by atoms with Crippen molar-refractivity contribution in [1.82, 2.24) is 4.90 Å². The van der Waals surface area contributed by atoms with E-state index in [9.17, 15) is 0 Å². The molecule has 0 amide bonds. The maximum absolute atomic E-state index is 2.77. The first kappa shape index (κ1) is 17.5. The van der Waals surface area contributed by atoms with Crippen molar-refractivity contribution < 1.29 is 0 Å². The highest BCUT2D eigenvalue weighted by Gasteiger charge is 2.35. The normalized spacial score (nSPS) is 22.0. The molecule has 0 aromatic heterocycles. The van der Waals surface area contributed by atoms with Gasteiger partial charge in [-0.25, -0.2) is 0 Å². The highest BCUT2D eigenvalue weighted by molar-refractivity contribution is 5.76. The van der Waals surface area contributed by atoms with E-state index >= 15 is 0 Å². The van der Waals surface area contributed by atoms with Gasteiger partial charge in [-0.15, -0.1) is 0 Å². The quantitative estimate of drug-likeness (QED) is 0.497. The van der Waals surface area contributed by atoms with Crippen molar-refractivity contribution >= 4 is 17.1 Å². The molecule has 2 saturated heterocycles. The smallest absolute Gasteiger partial charge is 0.0461 e. The van der Waals surface area contributed by atoms with Crippen molar-refractivity contribution in [2.24, 2.45) is 0 Å². The molecule has 2 heteroatoms. The predicted octanol–water partition coefficient (Wildman–Crippen LogP) is 6.85. The number of piperidine rings is 1. The monoisotopic (exact) mass is 368 g/mol. The number of fused-ring (bicyclic) bond motifs is 1. The minimum absolute atomic E-state index is 0.612. The van der Waals surface area contributed by atoms with Crippen molar-refractivity contribution in [2.45, 2.75) is 44.2 Å². The molecule has 5 rings (SSSR count). The lowest BCUT2D eigenvalue weighted by Gasteiger charge is -2.34. The second kappa shape index (κ2) is 7.81. The molecule has 2 aliphatic heterocycles. The molecule has 2 unspecified atom stereocenters. The zero-order valence-electron chi connectivity index (χ0n) is 16.4. The van der Waals surface area contributed by atoms with Crippen LogP contribution in [0.5, 0.6) is 0 Å². The van der Waals surface area contributed by atoms with Crippen LogP contribution in [0.2, 0.25) is 0 Å². The zero-order valence-corrected chi connectivity index (χ0v) is 16.4. The number of nitrogens with zero attached hydrogens (tertiary/aromatic N) is 2. The molecule has 0 saturated carbocycles. The van der Waals surface area contributed by atoms with Gasteiger partial charge >= 0.3 is 0 Å². The summed E-state index contributed by atoms with van der Waals surface area (Å²) in [6, 6.07) is 32.0. The first-order valence-corrected chi connectivity index (χ1v) is 10.7. The SMILES string of the molecule is c1ccc(N(c2ccccc2)c2ccc(C3CCC4CCCCN43)cc2)cc1. The average molecular weight is 369 g/mol. The summed E-state index contributed by atoms with van der Waals surface area (Å²) < 4.78 is 0. The Morgan fingerprint density at radius 3 is 1.86 bits per heavy atom. The third-order valence-electron chi connectivity index (χ3n) is 6.41. The topological polar surface area (TPSA) is 6.48 Å². The summed E-state index contributed by atoms with van der Waals surface area (Å²) >= 11 is 0. The second-order valence-electron chi connectivity index (χ2n) is 8.08. The summed E-state index contributed by atoms with van der Waals surface area (Å²) in [4.78, 5) is 5.10. The molecule has 3 aromatic rings. The maximum Gasteiger partial charge on any atom is 0.0461 e. The van der Waals surface area contributed by atoms with Crippen LogP contribution in [0.3, 0.4) is 0 Å². The minimum atomic E-state index is 0.612. The van der Waals surface area contributed by atoms with Gasteiger partial charge in [-0.05, 0) is 74.2 Å². The summed E-state index contributed by atoms with van der Waals surface area (Å²) in [6.07, 6.45) is 6.85. The third-order valence-corrected chi connectivity index (χ3v) is 6.41. The van der Waals surface area contributed by atoms with Crippen LogP contribution in [0, 0.1) is 0 Å². The molecule has 2 heterocycles. The Bertz CT molecular complexity index is 849. The number of hydrogen-bond acceptors (Lipinski definition) is 2. The fourth-order valence-electron chi connectivity index (χ4n) is 5.06. The Hall–Kier alpha value is -2.58. The first-order chi connectivity index (χ1) is 13.9. The zero-order chi connectivity index (χ0) is 18.8. The molecule has 2 atom stereocenters. The van der Waals surface area contributed by atoms with E-state index in [0.717, 1.165) is 6.04 Å². The van der Waals surface area contributed by atoms with Gasteiger partial charge in [0.15, 0.2) is 0 Å². The number of benzene rings is 3. The van der Waals surface area contributed by atoms with E-state index in [1.54, 1.807) is 0 Å². The number of hydrogen-bond donors (Lipinski definition) is 0. The van der Waals surface area contributed by atoms with Crippen molar-refractivity contribution in [3.8, 4) is 0 Å². The van der Waals surface area contributed by atoms with Gasteiger partial charge in [-0.3, -0.25) is 4.90 Å². The van der Waals surface area contributed by atoms with Gasteiger partial charge in [0.2, 0.25) is 0 Å². The molecule has 2 nitrogen and oxygen atoms in total. The van der Waals surface area contributed by atoms with Crippen LogP contribution in [0.15, 0.2) is 84.9 Å². The van der Waals surface area contributed by atoms with Crippen molar-refractivity contribution in [3.63, 3.8) is 0 Å². The van der Waals surface area contributed by atoms with E-state index in [1.165, 1.54) is 61.3 Å². The average Bonchev–Trinajstić information content (AvgIpc) is 3.20. The maximum atomic E-state index is 2.77. The number of anilines is 3. The molecular weight excluding hydrogens is 340 g/mol. The molecule has 142 valence electrons. The fourth-order valence-corrected chi connectivity index (χ4v) is 5.06. The Morgan fingerprint density at radius 2 is 1.21 bits per heavy atom. The fraction of sp³-hybridized carbons (Fsp3) is 0.308. The molecule has 0 radical (unpaired) electrons. The summed E-state index contributed by atoms with van der Waals surface area (Å²) in [5.74, 6) is 0. The van der Waals surface area contributed by atoms with E-state index < -0.39 is 0 Å². The second-order valence-corrected chi connectivity index (χ2v) is 8.08. The van der Waals surface area contributed by atoms with Crippen LogP contribution in [-0.2, 0) is 0 Å². The summed E-state index contributed by atoms with van der Waals surface area (Å²) in [6.45, 7) is 1.28. The molecule has 0 aliphatic carbocycles. The van der Waals surface area contributed by atoms with E-state index in [2.05, 4.69) is 94.7 Å². The van der Waals surface area contributed by atoms with Gasteiger partial charge in [0.05, 0.1) is 0 Å². The predicted molar refractivity (Wildman–Crippen MR) is 117 cm³/mol. The summed E-state index contributed by atoms with van der Waals surface area (Å²) in [5, 5.41) is 0. The van der Waals surface area contributed by atoms with E-state index in [-0.39, 0.29) is 0 Å². The standard InChI is InChI=1S/C26H28N2/c1-3-10-23(11-4-1)28(24-12-5-2-6-13-24)25-16-14-21(15-17-25)26-19-18-22-9-7-8-20-27(22)26/h1-6,10-17,22,26H,7-9,18-20H2. The van der Waals surface area contributed by atoms with E-state index in [0.29, 0.717) is 6.04 Å². The molecule has 0 N–H and O–H groups in total. The van der Waals surface area contributed by atoms with Gasteiger partial charge in [0, 0.05) is 29.1 Å². The van der Waals surface area contributed by atoms with Crippen molar-refractivity contribution in [1.29, 1.82) is 0 Å². The summed E-state index contributed by atoms with van der Waals surface area (Å²) in [5.41, 5.74) is 5.08. The Morgan fingerprint density at radius 1 is 0.607 bits per heavy atom. The lowest BCUT2D eigenvalue weighted by atomic mass is 10.0. The van der Waals surface area contributed by atoms with Gasteiger partial charge in [0.1, 0.15) is 0 Å². The molecule has 0 spiro atoms. The molecule has 2 aliphatic rings. The van der Waals surface area contributed by atoms with E-state index in [4.69, 9.17) is 0 Å². The Kier molecular flexibility index (Phi) is 4.88. The number of para-hydroxylation sites is 2. The molecule has 3 aromatic carbocycles. The van der Waals surface area contributed by atoms with Crippen LogP contribution >= 0.6 is 0 Å². The van der Waals surface area contributed by atoms with Crippen LogP contribution in [0.1, 0.15) is 43.7 Å². The van der Waals surface area contributed by atoms with Gasteiger partial charge < -0.3 is 4.90 Å². The lowest BCUT2D eigenvalue weighted by molar-refractivity contribution is 0.150. The lowest BCUT2D eigenvalue weighted by Crippen LogP contribution is -2.35. The van der Waals surface area contributed by atoms with Crippen LogP contribution in [0.4, 0.5) is 17.1 Å². The van der Waals surface area contributed by atoms with Gasteiger partial charge in [-0.1, -0.05) is 55.0 Å². The number of rotatable bonds is 4. The minimum Gasteiger partial charge on any atom is -0.311 e. The third kappa shape index (κ3) is 3.33. The van der Waals surface area contributed by atoms with E-state index in [1.807, 2.05) is 0 Å². The van der Waals surface area contributed by atoms with Crippen LogP contribution < -0.4 is 4.90 Å². The van der Waals surface area contributed by atoms with Crippen LogP contribution in [-0.4, -0.2) is 17.5 Å². The summed E-state index contributed by atoms with van der Waals surface area (Å²) in [7, 11) is 0. The molecule has 28 heavy (non-hydrogen) atoms. The molecule has 0 bridgehead atoms. The van der Waals surface area contributed by atoms with Gasteiger partial charge in [0.25, 0.3) is 0 Å². The largest absolute Gasteiger partial charge is 0.311 e. The highest BCUT2D eigenvalue weighted by Crippen LogP contribution is 2.41. The van der Waals surface area contributed by atoms with Crippen molar-refractivity contribution in [3.05, 3.63) is 90.5 Å². The van der Waals surface area contributed by atoms with Crippen LogP contribution in [0.25, 0.3) is 0 Å². The first-order valence-electron chi connectivity index (χ1n) is 10.7. The Balaban J connectivity index is 1.46. The van der Waals surface area contributed by atoms with Gasteiger partial charge in [-0.2, -0.15) is 0 Å². The van der Waals surface area contributed by atoms with Crippen molar-refractivity contribution in [2.75, 3.05) is 11.4 Å². The highest BCUT2D eigenvalue weighted by atomic mass is 15.2. The molecular formula is C26H28N2. The Labute approximate surface area is 168 Å².